The van der Waals surface area contributed by atoms with Crippen LogP contribution in [0.3, 0.4) is 0 Å². The second-order valence-electron chi connectivity index (χ2n) is 2.67. The molecule has 0 aromatic heterocycles. The van der Waals surface area contributed by atoms with Crippen LogP contribution in [-0.4, -0.2) is 5.71 Å². The van der Waals surface area contributed by atoms with Crippen molar-refractivity contribution < 1.29 is 0 Å². The van der Waals surface area contributed by atoms with Gasteiger partial charge in [0.15, 0.2) is 0 Å². The summed E-state index contributed by atoms with van der Waals surface area (Å²) in [5.41, 5.74) is 2.97. The largest absolute Gasteiger partial charge is 0.304 e. The average Bonchev–Trinajstić information content (AvgIpc) is 2.06. The lowest BCUT2D eigenvalue weighted by atomic mass is 9.96. The van der Waals surface area contributed by atoms with Gasteiger partial charge in [0, 0.05) is 17.7 Å². The first-order valence-electron chi connectivity index (χ1n) is 3.71. The number of fused-ring (bicyclic) bond motifs is 1. The molecule has 2 rings (SSSR count). The third-order valence-corrected chi connectivity index (χ3v) is 1.91. The van der Waals surface area contributed by atoms with Crippen molar-refractivity contribution in [3.63, 3.8) is 0 Å². The van der Waals surface area contributed by atoms with Crippen molar-refractivity contribution in [1.29, 1.82) is 5.41 Å². The fourth-order valence-electron chi connectivity index (χ4n) is 1.33. The van der Waals surface area contributed by atoms with Crippen molar-refractivity contribution in [3.8, 4) is 0 Å². The SMILES string of the molecule is N=C1CC=Cc2ccccc21. The molecule has 1 aliphatic carbocycles. The van der Waals surface area contributed by atoms with Gasteiger partial charge in [0.25, 0.3) is 0 Å². The third kappa shape index (κ3) is 0.984. The summed E-state index contributed by atoms with van der Waals surface area (Å²) in [5, 5.41) is 7.62. The van der Waals surface area contributed by atoms with Gasteiger partial charge >= 0.3 is 0 Å². The molecule has 0 radical (unpaired) electrons. The van der Waals surface area contributed by atoms with Crippen molar-refractivity contribution in [1.82, 2.24) is 0 Å². The maximum Gasteiger partial charge on any atom is 0.0429 e. The molecule has 0 saturated heterocycles. The van der Waals surface area contributed by atoms with Crippen LogP contribution in [0.2, 0.25) is 0 Å². The molecule has 0 spiro atoms. The van der Waals surface area contributed by atoms with E-state index < -0.39 is 0 Å². The Hall–Kier alpha value is -1.37. The maximum atomic E-state index is 7.62. The Morgan fingerprint density at radius 2 is 2.00 bits per heavy atom. The fourth-order valence-corrected chi connectivity index (χ4v) is 1.33. The lowest BCUT2D eigenvalue weighted by Crippen LogP contribution is -2.03. The highest BCUT2D eigenvalue weighted by atomic mass is 14.4. The van der Waals surface area contributed by atoms with Crippen LogP contribution in [0.25, 0.3) is 6.08 Å². The van der Waals surface area contributed by atoms with Crippen LogP contribution in [0.4, 0.5) is 0 Å². The van der Waals surface area contributed by atoms with E-state index in [0.29, 0.717) is 0 Å². The molecule has 1 aromatic rings. The van der Waals surface area contributed by atoms with Crippen molar-refractivity contribution in [2.45, 2.75) is 6.42 Å². The van der Waals surface area contributed by atoms with Gasteiger partial charge in [-0.3, -0.25) is 0 Å². The molecule has 0 fully saturated rings. The van der Waals surface area contributed by atoms with E-state index in [9.17, 15) is 0 Å². The van der Waals surface area contributed by atoms with Gasteiger partial charge in [0.2, 0.25) is 0 Å². The lowest BCUT2D eigenvalue weighted by Gasteiger charge is -2.09. The van der Waals surface area contributed by atoms with E-state index in [0.717, 1.165) is 17.7 Å². The number of hydrogen-bond acceptors (Lipinski definition) is 1. The molecule has 1 aliphatic rings. The highest BCUT2D eigenvalue weighted by Gasteiger charge is 2.06. The summed E-state index contributed by atoms with van der Waals surface area (Å²) in [4.78, 5) is 0. The number of hydrogen-bond donors (Lipinski definition) is 1. The first-order chi connectivity index (χ1) is 5.38. The van der Waals surface area contributed by atoms with E-state index in [2.05, 4.69) is 6.08 Å². The maximum absolute atomic E-state index is 7.62. The Bertz CT molecular complexity index is 323. The summed E-state index contributed by atoms with van der Waals surface area (Å²) in [6.45, 7) is 0. The minimum absolute atomic E-state index is 0.725. The minimum Gasteiger partial charge on any atom is -0.304 e. The third-order valence-electron chi connectivity index (χ3n) is 1.91. The zero-order valence-corrected chi connectivity index (χ0v) is 6.17. The molecule has 0 unspecified atom stereocenters. The quantitative estimate of drug-likeness (QED) is 0.577. The Morgan fingerprint density at radius 3 is 2.82 bits per heavy atom. The monoisotopic (exact) mass is 143 g/mol. The second kappa shape index (κ2) is 2.35. The second-order valence-corrected chi connectivity index (χ2v) is 2.67. The smallest absolute Gasteiger partial charge is 0.0429 e. The van der Waals surface area contributed by atoms with Crippen molar-refractivity contribution in [2.24, 2.45) is 0 Å². The molecule has 54 valence electrons. The Kier molecular flexibility index (Phi) is 1.35. The van der Waals surface area contributed by atoms with E-state index in [1.807, 2.05) is 30.3 Å². The van der Waals surface area contributed by atoms with Crippen molar-refractivity contribution in [2.75, 3.05) is 0 Å². The van der Waals surface area contributed by atoms with Gasteiger partial charge in [-0.2, -0.15) is 0 Å². The molecule has 1 N–H and O–H groups in total. The van der Waals surface area contributed by atoms with E-state index >= 15 is 0 Å². The Labute approximate surface area is 65.9 Å². The Morgan fingerprint density at radius 1 is 1.18 bits per heavy atom. The topological polar surface area (TPSA) is 23.9 Å². The summed E-state index contributed by atoms with van der Waals surface area (Å²) in [6, 6.07) is 8.02. The zero-order chi connectivity index (χ0) is 7.68. The number of benzene rings is 1. The van der Waals surface area contributed by atoms with E-state index in [1.165, 1.54) is 5.56 Å². The molecule has 1 aromatic carbocycles. The van der Waals surface area contributed by atoms with Crippen molar-refractivity contribution in [3.05, 3.63) is 41.5 Å². The molecule has 1 heteroatoms. The summed E-state index contributed by atoms with van der Waals surface area (Å²) in [6.07, 6.45) is 4.88. The van der Waals surface area contributed by atoms with Gasteiger partial charge < -0.3 is 5.41 Å². The molecule has 1 nitrogen and oxygen atoms in total. The first-order valence-corrected chi connectivity index (χ1v) is 3.71. The molecule has 0 saturated carbocycles. The van der Waals surface area contributed by atoms with E-state index in [4.69, 9.17) is 5.41 Å². The Balaban J connectivity index is 2.63. The van der Waals surface area contributed by atoms with Crippen LogP contribution < -0.4 is 0 Å². The fraction of sp³-hybridized carbons (Fsp3) is 0.100. The highest BCUT2D eigenvalue weighted by molar-refractivity contribution is 6.04. The summed E-state index contributed by atoms with van der Waals surface area (Å²) >= 11 is 0. The number of nitrogens with one attached hydrogen (secondary N) is 1. The first kappa shape index (κ1) is 6.35. The van der Waals surface area contributed by atoms with Gasteiger partial charge in [-0.15, -0.1) is 0 Å². The molecule has 0 heterocycles. The van der Waals surface area contributed by atoms with Crippen LogP contribution in [0.1, 0.15) is 17.5 Å². The minimum atomic E-state index is 0.725. The molecular weight excluding hydrogens is 134 g/mol. The van der Waals surface area contributed by atoms with Gasteiger partial charge in [-0.25, -0.2) is 0 Å². The van der Waals surface area contributed by atoms with Gasteiger partial charge in [-0.05, 0) is 5.56 Å². The summed E-state index contributed by atoms with van der Waals surface area (Å²) in [7, 11) is 0. The molecule has 0 atom stereocenters. The zero-order valence-electron chi connectivity index (χ0n) is 6.17. The van der Waals surface area contributed by atoms with E-state index in [-0.39, 0.29) is 0 Å². The van der Waals surface area contributed by atoms with Crippen LogP contribution in [0, 0.1) is 5.41 Å². The average molecular weight is 143 g/mol. The molecule has 0 bridgehead atoms. The van der Waals surface area contributed by atoms with Crippen LogP contribution in [0.15, 0.2) is 30.3 Å². The summed E-state index contributed by atoms with van der Waals surface area (Å²) in [5.74, 6) is 0. The predicted molar refractivity (Wildman–Crippen MR) is 46.9 cm³/mol. The van der Waals surface area contributed by atoms with Crippen molar-refractivity contribution >= 4 is 11.8 Å². The van der Waals surface area contributed by atoms with E-state index in [1.54, 1.807) is 0 Å². The number of rotatable bonds is 0. The van der Waals surface area contributed by atoms with Gasteiger partial charge in [-0.1, -0.05) is 36.4 Å². The van der Waals surface area contributed by atoms with Gasteiger partial charge in [0.1, 0.15) is 0 Å². The predicted octanol–water partition coefficient (Wildman–Crippen LogP) is 2.47. The standard InChI is InChI=1S/C10H9N/c11-10-7-3-5-8-4-1-2-6-9(8)10/h1-6,11H,7H2. The molecule has 0 aliphatic heterocycles. The molecule has 11 heavy (non-hydrogen) atoms. The van der Waals surface area contributed by atoms with Crippen LogP contribution >= 0.6 is 0 Å². The highest BCUT2D eigenvalue weighted by Crippen LogP contribution is 2.17. The van der Waals surface area contributed by atoms with Gasteiger partial charge in [0.05, 0.1) is 0 Å². The summed E-state index contributed by atoms with van der Waals surface area (Å²) < 4.78 is 0. The number of allylic oxidation sites excluding steroid dienone is 1. The van der Waals surface area contributed by atoms with Crippen LogP contribution in [0.5, 0.6) is 0 Å². The molecular formula is C10H9N. The van der Waals surface area contributed by atoms with Crippen LogP contribution in [-0.2, 0) is 0 Å². The lowest BCUT2D eigenvalue weighted by molar-refractivity contribution is 1.33. The molecule has 0 amide bonds. The normalized spacial score (nSPS) is 14.7.